The van der Waals surface area contributed by atoms with E-state index in [1.165, 1.54) is 10.7 Å². The number of aryl methyl sites for hydroxylation is 2. The SMILES string of the molecule is Cc1noc(C)c1S(=O)(=O)N1CCCC(C(=O)OCC(=O)N/N=C2\CC3CCC2(C)C3(C)C)C1. The molecule has 1 aromatic rings. The maximum absolute atomic E-state index is 13.1. The van der Waals surface area contributed by atoms with E-state index in [2.05, 4.69) is 36.5 Å². The van der Waals surface area contributed by atoms with E-state index in [1.54, 1.807) is 13.8 Å². The van der Waals surface area contributed by atoms with E-state index in [0.717, 1.165) is 18.6 Å². The number of hydrogen-bond acceptors (Lipinski definition) is 8. The summed E-state index contributed by atoms with van der Waals surface area (Å²) in [4.78, 5) is 24.9. The predicted molar refractivity (Wildman–Crippen MR) is 123 cm³/mol. The summed E-state index contributed by atoms with van der Waals surface area (Å²) in [6.07, 6.45) is 4.12. The van der Waals surface area contributed by atoms with Crippen LogP contribution >= 0.6 is 0 Å². The second-order valence-electron chi connectivity index (χ2n) is 10.6. The van der Waals surface area contributed by atoms with Gasteiger partial charge in [0.05, 0.1) is 5.92 Å². The van der Waals surface area contributed by atoms with Crippen LogP contribution in [-0.4, -0.2) is 55.2 Å². The minimum atomic E-state index is -3.84. The second kappa shape index (κ2) is 8.75. The summed E-state index contributed by atoms with van der Waals surface area (Å²) in [5.74, 6) is -0.945. The molecule has 2 saturated carbocycles. The Morgan fingerprint density at radius 3 is 2.59 bits per heavy atom. The summed E-state index contributed by atoms with van der Waals surface area (Å²) in [6, 6.07) is 0. The highest BCUT2D eigenvalue weighted by atomic mass is 32.2. The van der Waals surface area contributed by atoms with Crippen LogP contribution in [-0.2, 0) is 24.3 Å². The summed E-state index contributed by atoms with van der Waals surface area (Å²) < 4.78 is 37.6. The number of fused-ring (bicyclic) bond motifs is 2. The van der Waals surface area contributed by atoms with Gasteiger partial charge in [0.25, 0.3) is 5.91 Å². The number of sulfonamides is 1. The number of esters is 1. The van der Waals surface area contributed by atoms with Gasteiger partial charge in [-0.05, 0) is 57.3 Å². The fourth-order valence-corrected chi connectivity index (χ4v) is 7.65. The highest BCUT2D eigenvalue weighted by Crippen LogP contribution is 2.63. The summed E-state index contributed by atoms with van der Waals surface area (Å²) in [6.45, 7) is 9.67. The molecular formula is C23H34N4O6S. The fraction of sp³-hybridized carbons (Fsp3) is 0.739. The molecular weight excluding hydrogens is 460 g/mol. The maximum atomic E-state index is 13.1. The lowest BCUT2D eigenvalue weighted by Crippen LogP contribution is -2.43. The van der Waals surface area contributed by atoms with Crippen LogP contribution in [0.25, 0.3) is 0 Å². The largest absolute Gasteiger partial charge is 0.455 e. The first-order valence-electron chi connectivity index (χ1n) is 11.8. The summed E-state index contributed by atoms with van der Waals surface area (Å²) in [7, 11) is -3.84. The van der Waals surface area contributed by atoms with Gasteiger partial charge < -0.3 is 9.26 Å². The molecule has 1 saturated heterocycles. The molecule has 0 radical (unpaired) electrons. The minimum absolute atomic E-state index is 0.00995. The molecule has 2 heterocycles. The van der Waals surface area contributed by atoms with Crippen molar-refractivity contribution < 1.29 is 27.3 Å². The Balaban J connectivity index is 1.32. The third-order valence-corrected chi connectivity index (χ3v) is 10.6. The fourth-order valence-electron chi connectivity index (χ4n) is 5.84. The molecule has 1 aromatic heterocycles. The van der Waals surface area contributed by atoms with Crippen molar-refractivity contribution in [2.45, 2.75) is 71.6 Å². The van der Waals surface area contributed by atoms with E-state index >= 15 is 0 Å². The van der Waals surface area contributed by atoms with Crippen molar-refractivity contribution in [2.24, 2.45) is 27.8 Å². The van der Waals surface area contributed by atoms with Crippen LogP contribution in [0.3, 0.4) is 0 Å². The van der Waals surface area contributed by atoms with E-state index < -0.39 is 34.4 Å². The van der Waals surface area contributed by atoms with Crippen molar-refractivity contribution >= 4 is 27.6 Å². The number of piperidine rings is 1. The molecule has 3 atom stereocenters. The van der Waals surface area contributed by atoms with Crippen LogP contribution in [0.5, 0.6) is 0 Å². The van der Waals surface area contributed by atoms with Gasteiger partial charge >= 0.3 is 5.97 Å². The number of carbonyl (C=O) groups excluding carboxylic acids is 2. The highest BCUT2D eigenvalue weighted by molar-refractivity contribution is 7.89. The molecule has 188 valence electrons. The molecule has 3 aliphatic rings. The Bertz CT molecular complexity index is 1100. The van der Waals surface area contributed by atoms with Gasteiger partial charge in [0, 0.05) is 24.2 Å². The van der Waals surface area contributed by atoms with Crippen LogP contribution in [0.4, 0.5) is 0 Å². The quantitative estimate of drug-likeness (QED) is 0.475. The smallest absolute Gasteiger partial charge is 0.310 e. The first-order chi connectivity index (χ1) is 15.9. The Hall–Kier alpha value is -2.27. The zero-order chi connectivity index (χ0) is 24.9. The van der Waals surface area contributed by atoms with Crippen LogP contribution in [0.15, 0.2) is 14.5 Å². The molecule has 11 heteroatoms. The summed E-state index contributed by atoms with van der Waals surface area (Å²) in [5, 5.41) is 8.10. The molecule has 34 heavy (non-hydrogen) atoms. The van der Waals surface area contributed by atoms with Crippen molar-refractivity contribution in [2.75, 3.05) is 19.7 Å². The minimum Gasteiger partial charge on any atom is -0.455 e. The lowest BCUT2D eigenvalue weighted by atomic mass is 9.70. The number of ether oxygens (including phenoxy) is 1. The Morgan fingerprint density at radius 1 is 1.26 bits per heavy atom. The molecule has 0 aromatic carbocycles. The van der Waals surface area contributed by atoms with Gasteiger partial charge in [0.1, 0.15) is 10.6 Å². The average Bonchev–Trinajstić information content (AvgIpc) is 3.32. The number of nitrogens with one attached hydrogen (secondary N) is 1. The number of nitrogens with zero attached hydrogens (tertiary/aromatic N) is 3. The van der Waals surface area contributed by atoms with Gasteiger partial charge in [-0.2, -0.15) is 9.41 Å². The lowest BCUT2D eigenvalue weighted by molar-refractivity contribution is -0.153. The van der Waals surface area contributed by atoms with E-state index in [9.17, 15) is 18.0 Å². The van der Waals surface area contributed by atoms with E-state index in [4.69, 9.17) is 9.26 Å². The molecule has 1 aliphatic heterocycles. The van der Waals surface area contributed by atoms with Gasteiger partial charge in [-0.1, -0.05) is 25.9 Å². The molecule has 4 rings (SSSR count). The van der Waals surface area contributed by atoms with Crippen molar-refractivity contribution in [3.8, 4) is 0 Å². The van der Waals surface area contributed by atoms with Crippen LogP contribution in [0.1, 0.15) is 64.3 Å². The first-order valence-corrected chi connectivity index (χ1v) is 13.3. The van der Waals surface area contributed by atoms with Crippen LogP contribution < -0.4 is 5.43 Å². The van der Waals surface area contributed by atoms with Crippen molar-refractivity contribution in [3.63, 3.8) is 0 Å². The normalized spacial score (nSPS) is 30.0. The monoisotopic (exact) mass is 494 g/mol. The zero-order valence-electron chi connectivity index (χ0n) is 20.5. The van der Waals surface area contributed by atoms with Gasteiger partial charge in [-0.15, -0.1) is 0 Å². The van der Waals surface area contributed by atoms with Gasteiger partial charge in [0.15, 0.2) is 12.4 Å². The van der Waals surface area contributed by atoms with E-state index in [-0.39, 0.29) is 33.7 Å². The molecule has 2 aliphatic carbocycles. The van der Waals surface area contributed by atoms with Crippen molar-refractivity contribution in [3.05, 3.63) is 11.5 Å². The third-order valence-electron chi connectivity index (χ3n) is 8.46. The van der Waals surface area contributed by atoms with Gasteiger partial charge in [0.2, 0.25) is 10.0 Å². The number of hydrazone groups is 1. The Kier molecular flexibility index (Phi) is 6.39. The second-order valence-corrected chi connectivity index (χ2v) is 12.4. The molecule has 3 unspecified atom stereocenters. The Morgan fingerprint density at radius 2 is 2.00 bits per heavy atom. The average molecular weight is 495 g/mol. The summed E-state index contributed by atoms with van der Waals surface area (Å²) >= 11 is 0. The predicted octanol–water partition coefficient (Wildman–Crippen LogP) is 2.55. The van der Waals surface area contributed by atoms with Gasteiger partial charge in [-0.3, -0.25) is 9.59 Å². The van der Waals surface area contributed by atoms with E-state index in [1.807, 2.05) is 0 Å². The molecule has 1 amide bonds. The standard InChI is InChI=1S/C23H34N4O6S/c1-14-20(15(2)33-26-14)34(30,31)27-10-6-7-16(12-27)21(29)32-13-19(28)25-24-18-11-17-8-9-23(18,5)22(17,3)4/h16-17H,6-13H2,1-5H3,(H,25,28)/b24-18+. The molecule has 2 bridgehead atoms. The first kappa shape index (κ1) is 24.8. The maximum Gasteiger partial charge on any atom is 0.310 e. The number of carbonyl (C=O) groups is 2. The number of amides is 1. The zero-order valence-corrected chi connectivity index (χ0v) is 21.3. The molecule has 1 N–H and O–H groups in total. The van der Waals surface area contributed by atoms with Crippen molar-refractivity contribution in [1.29, 1.82) is 0 Å². The molecule has 3 fully saturated rings. The van der Waals surface area contributed by atoms with Crippen LogP contribution in [0.2, 0.25) is 0 Å². The van der Waals surface area contributed by atoms with Crippen molar-refractivity contribution in [1.82, 2.24) is 14.9 Å². The molecule has 10 nitrogen and oxygen atoms in total. The Labute approximate surface area is 200 Å². The third kappa shape index (κ3) is 4.06. The molecule has 0 spiro atoms. The summed E-state index contributed by atoms with van der Waals surface area (Å²) in [5.41, 5.74) is 3.95. The topological polar surface area (TPSA) is 131 Å². The highest BCUT2D eigenvalue weighted by Gasteiger charge is 2.60. The lowest BCUT2D eigenvalue weighted by Gasteiger charge is -2.34. The van der Waals surface area contributed by atoms with E-state index in [0.29, 0.717) is 25.3 Å². The van der Waals surface area contributed by atoms with Crippen LogP contribution in [0, 0.1) is 36.5 Å². The number of aromatic nitrogens is 1. The van der Waals surface area contributed by atoms with Gasteiger partial charge in [-0.25, -0.2) is 13.8 Å². The number of rotatable bonds is 6. The number of hydrogen-bond donors (Lipinski definition) is 1.